The molecule has 4 aromatic heterocycles. The van der Waals surface area contributed by atoms with E-state index in [1.165, 1.54) is 59.6 Å². The maximum Gasteiger partial charge on any atom is 0.235 e. The predicted octanol–water partition coefficient (Wildman–Crippen LogP) is 10.1. The van der Waals surface area contributed by atoms with Crippen LogP contribution in [0.1, 0.15) is 0 Å². The lowest BCUT2D eigenvalue weighted by Crippen LogP contribution is -2.03. The van der Waals surface area contributed by atoms with Gasteiger partial charge >= 0.3 is 0 Å². The molecule has 0 atom stereocenters. The lowest BCUT2D eigenvalue weighted by molar-refractivity contribution is 1.01. The van der Waals surface area contributed by atoms with Crippen molar-refractivity contribution < 1.29 is 0 Å². The van der Waals surface area contributed by atoms with Crippen molar-refractivity contribution >= 4 is 81.6 Å². The van der Waals surface area contributed by atoms with Gasteiger partial charge in [-0.2, -0.15) is 0 Å². The summed E-state index contributed by atoms with van der Waals surface area (Å²) in [5.74, 6) is 0.685. The summed E-state index contributed by atoms with van der Waals surface area (Å²) in [6.45, 7) is 0. The molecule has 0 saturated heterocycles. The molecule has 11 aromatic rings. The Kier molecular flexibility index (Phi) is 4.04. The van der Waals surface area contributed by atoms with Crippen LogP contribution in [0.3, 0.4) is 0 Å². The second-order valence-corrected chi connectivity index (χ2v) is 11.8. The summed E-state index contributed by atoms with van der Waals surface area (Å²) in [4.78, 5) is 10.6. The third-order valence-corrected chi connectivity index (χ3v) is 9.61. The number of para-hydroxylation sites is 2. The molecule has 4 heteroatoms. The van der Waals surface area contributed by atoms with Crippen LogP contribution in [0.2, 0.25) is 0 Å². The first-order valence-electron chi connectivity index (χ1n) is 15.0. The Balaban J connectivity index is 1.42. The topological polar surface area (TPSA) is 35.1 Å². The van der Waals surface area contributed by atoms with Crippen molar-refractivity contribution in [1.29, 1.82) is 0 Å². The number of benzene rings is 7. The largest absolute Gasteiger partial charge is 0.308 e. The van der Waals surface area contributed by atoms with Crippen LogP contribution in [0.5, 0.6) is 0 Å². The van der Waals surface area contributed by atoms with Crippen molar-refractivity contribution in [2.24, 2.45) is 0 Å². The van der Waals surface area contributed by atoms with Gasteiger partial charge in [-0.3, -0.25) is 4.57 Å². The minimum Gasteiger partial charge on any atom is -0.308 e. The first-order valence-corrected chi connectivity index (χ1v) is 15.0. The van der Waals surface area contributed by atoms with Crippen LogP contribution in [0.15, 0.2) is 133 Å². The van der Waals surface area contributed by atoms with Crippen molar-refractivity contribution in [1.82, 2.24) is 18.9 Å². The van der Waals surface area contributed by atoms with Gasteiger partial charge in [-0.25, -0.2) is 9.97 Å². The van der Waals surface area contributed by atoms with Crippen LogP contribution in [0.4, 0.5) is 0 Å². The summed E-state index contributed by atoms with van der Waals surface area (Å²) in [6, 6.07) is 47.9. The maximum atomic E-state index is 5.34. The van der Waals surface area contributed by atoms with Gasteiger partial charge in [0, 0.05) is 43.3 Å². The van der Waals surface area contributed by atoms with E-state index in [9.17, 15) is 0 Å². The van der Waals surface area contributed by atoms with Crippen molar-refractivity contribution in [3.05, 3.63) is 133 Å². The molecule has 0 N–H and O–H groups in total. The Morgan fingerprint density at radius 3 is 2.02 bits per heavy atom. The first-order chi connectivity index (χ1) is 21.8. The number of hydrogen-bond donors (Lipinski definition) is 0. The molecule has 0 fully saturated rings. The Labute approximate surface area is 250 Å². The minimum atomic E-state index is 0.685. The summed E-state index contributed by atoms with van der Waals surface area (Å²) in [5.41, 5.74) is 8.89. The van der Waals surface area contributed by atoms with Gasteiger partial charge in [0.05, 0.1) is 38.8 Å². The van der Waals surface area contributed by atoms with Gasteiger partial charge in [0.1, 0.15) is 0 Å². The monoisotopic (exact) mass is 558 g/mol. The zero-order chi connectivity index (χ0) is 28.5. The fourth-order valence-electron chi connectivity index (χ4n) is 7.85. The van der Waals surface area contributed by atoms with Crippen LogP contribution in [-0.2, 0) is 0 Å². The van der Waals surface area contributed by atoms with Crippen LogP contribution in [0, 0.1) is 0 Å². The van der Waals surface area contributed by atoms with E-state index < -0.39 is 0 Å². The van der Waals surface area contributed by atoms with Gasteiger partial charge in [-0.1, -0.05) is 103 Å². The van der Waals surface area contributed by atoms with E-state index in [1.807, 2.05) is 6.07 Å². The van der Waals surface area contributed by atoms with Gasteiger partial charge < -0.3 is 4.40 Å². The van der Waals surface area contributed by atoms with Gasteiger partial charge in [0.25, 0.3) is 0 Å². The fraction of sp³-hybridized carbons (Fsp3) is 0. The van der Waals surface area contributed by atoms with Crippen LogP contribution in [0.25, 0.3) is 98.8 Å². The number of hydrogen-bond acceptors (Lipinski definition) is 2. The van der Waals surface area contributed by atoms with Crippen molar-refractivity contribution in [2.45, 2.75) is 0 Å². The van der Waals surface area contributed by atoms with E-state index in [0.29, 0.717) is 5.95 Å². The van der Waals surface area contributed by atoms with E-state index in [0.717, 1.165) is 33.2 Å². The Morgan fingerprint density at radius 2 is 1.11 bits per heavy atom. The lowest BCUT2D eigenvalue weighted by Gasteiger charge is -2.12. The summed E-state index contributed by atoms with van der Waals surface area (Å²) >= 11 is 0. The molecule has 44 heavy (non-hydrogen) atoms. The van der Waals surface area contributed by atoms with Crippen LogP contribution < -0.4 is 0 Å². The number of aromatic nitrogens is 4. The molecule has 0 bridgehead atoms. The molecule has 0 aliphatic heterocycles. The second kappa shape index (κ2) is 7.88. The molecule has 7 aromatic carbocycles. The Morgan fingerprint density at radius 1 is 0.409 bits per heavy atom. The third-order valence-electron chi connectivity index (χ3n) is 9.61. The van der Waals surface area contributed by atoms with Crippen molar-refractivity contribution in [3.8, 4) is 17.2 Å². The van der Waals surface area contributed by atoms with E-state index in [4.69, 9.17) is 9.97 Å². The van der Waals surface area contributed by atoms with Crippen molar-refractivity contribution in [3.63, 3.8) is 0 Å². The molecule has 0 spiro atoms. The van der Waals surface area contributed by atoms with Crippen LogP contribution >= 0.6 is 0 Å². The van der Waals surface area contributed by atoms with Crippen LogP contribution in [-0.4, -0.2) is 18.9 Å². The molecule has 0 unspecified atom stereocenters. The normalized spacial score (nSPS) is 12.5. The fourth-order valence-corrected chi connectivity index (χ4v) is 7.85. The summed E-state index contributed by atoms with van der Waals surface area (Å²) in [5, 5.41) is 11.2. The summed E-state index contributed by atoms with van der Waals surface area (Å²) in [7, 11) is 0. The molecule has 202 valence electrons. The molecule has 0 saturated carbocycles. The summed E-state index contributed by atoms with van der Waals surface area (Å²) < 4.78 is 4.78. The summed E-state index contributed by atoms with van der Waals surface area (Å²) in [6.07, 6.45) is 0. The van der Waals surface area contributed by atoms with Gasteiger partial charge in [-0.05, 0) is 41.1 Å². The number of fused-ring (bicyclic) bond motifs is 5. The molecule has 0 radical (unpaired) electrons. The second-order valence-electron chi connectivity index (χ2n) is 11.8. The van der Waals surface area contributed by atoms with E-state index in [2.05, 4.69) is 136 Å². The number of rotatable bonds is 2. The average Bonchev–Trinajstić information content (AvgIpc) is 3.56. The highest BCUT2D eigenvalue weighted by atomic mass is 15.2. The van der Waals surface area contributed by atoms with Gasteiger partial charge in [0.2, 0.25) is 5.95 Å². The zero-order valence-electron chi connectivity index (χ0n) is 23.5. The molecular weight excluding hydrogens is 536 g/mol. The van der Waals surface area contributed by atoms with E-state index in [-0.39, 0.29) is 0 Å². The van der Waals surface area contributed by atoms with E-state index >= 15 is 0 Å². The highest BCUT2D eigenvalue weighted by Crippen LogP contribution is 2.47. The number of nitrogens with zero attached hydrogens (tertiary/aromatic N) is 4. The predicted molar refractivity (Wildman–Crippen MR) is 183 cm³/mol. The minimum absolute atomic E-state index is 0.685. The lowest BCUT2D eigenvalue weighted by atomic mass is 9.97. The van der Waals surface area contributed by atoms with E-state index in [1.54, 1.807) is 0 Å². The molecular formula is C40H22N4. The molecule has 4 nitrogen and oxygen atoms in total. The SMILES string of the molecule is c1ccc(-c2nc(-n3c4ccc5ccc6cccc7c6c5c4c4c3ccc3c5ccccc5n7c34)nc3ccccc23)cc1. The molecule has 0 amide bonds. The van der Waals surface area contributed by atoms with Gasteiger partial charge in [0.15, 0.2) is 0 Å². The molecule has 4 heterocycles. The maximum absolute atomic E-state index is 5.34. The zero-order valence-corrected chi connectivity index (χ0v) is 23.5. The first kappa shape index (κ1) is 22.6. The standard InChI is InChI=1S/C40H22N4/c1-2-9-25(10-3-1)38-28-13-4-6-14-29(28)41-40(42-38)44-32-21-19-24-18-17-23-11-8-16-31-34(23)35(24)36(32)37-33(44)22-20-27-26-12-5-7-15-30(26)43(31)39(27)37/h1-22H. The molecule has 11 rings (SSSR count). The Bertz CT molecular complexity index is 2930. The average molecular weight is 559 g/mol. The highest BCUT2D eigenvalue weighted by molar-refractivity contribution is 6.37. The third kappa shape index (κ3) is 2.65. The van der Waals surface area contributed by atoms with Gasteiger partial charge in [-0.15, -0.1) is 0 Å². The Hall–Kier alpha value is -6.00. The molecule has 0 aliphatic carbocycles. The smallest absolute Gasteiger partial charge is 0.235 e. The highest BCUT2D eigenvalue weighted by Gasteiger charge is 2.25. The van der Waals surface area contributed by atoms with Crippen molar-refractivity contribution in [2.75, 3.05) is 0 Å². The molecule has 0 aliphatic rings. The quantitative estimate of drug-likeness (QED) is 0.198.